The Kier molecular flexibility index (Phi) is 4.16. The van der Waals surface area contributed by atoms with E-state index in [1.165, 1.54) is 11.1 Å². The van der Waals surface area contributed by atoms with Gasteiger partial charge in [0.2, 0.25) is 5.76 Å². The second kappa shape index (κ2) is 6.04. The van der Waals surface area contributed by atoms with Gasteiger partial charge in [0, 0.05) is 0 Å². The third-order valence-corrected chi connectivity index (χ3v) is 2.74. The van der Waals surface area contributed by atoms with Crippen LogP contribution in [-0.4, -0.2) is 6.54 Å². The molecule has 1 heterocycles. The highest BCUT2D eigenvalue weighted by Crippen LogP contribution is 2.06. The third kappa shape index (κ3) is 3.47. The van der Waals surface area contributed by atoms with Crippen molar-refractivity contribution in [1.29, 1.82) is 5.26 Å². The molecule has 0 aliphatic carbocycles. The van der Waals surface area contributed by atoms with Crippen molar-refractivity contribution in [2.24, 2.45) is 0 Å². The summed E-state index contributed by atoms with van der Waals surface area (Å²) in [6.45, 7) is 3.66. The van der Waals surface area contributed by atoms with Crippen LogP contribution < -0.4 is 5.32 Å². The lowest BCUT2D eigenvalue weighted by atomic mass is 10.1. The Bertz CT molecular complexity index is 552. The lowest BCUT2D eigenvalue weighted by Gasteiger charge is -2.04. The summed E-state index contributed by atoms with van der Waals surface area (Å²) in [5, 5.41) is 11.9. The quantitative estimate of drug-likeness (QED) is 0.817. The number of hydrogen-bond donors (Lipinski definition) is 1. The summed E-state index contributed by atoms with van der Waals surface area (Å²) in [6.07, 6.45) is 0.994. The van der Waals surface area contributed by atoms with Crippen molar-refractivity contribution in [2.75, 3.05) is 6.54 Å². The van der Waals surface area contributed by atoms with Crippen molar-refractivity contribution in [3.05, 3.63) is 59.0 Å². The van der Waals surface area contributed by atoms with Crippen molar-refractivity contribution in [3.8, 4) is 6.07 Å². The Morgan fingerprint density at radius 2 is 2.17 bits per heavy atom. The predicted octanol–water partition coefficient (Wildman–Crippen LogP) is 2.79. The Labute approximate surface area is 107 Å². The Morgan fingerprint density at radius 1 is 1.28 bits per heavy atom. The number of benzene rings is 1. The summed E-state index contributed by atoms with van der Waals surface area (Å²) in [4.78, 5) is 0. The van der Waals surface area contributed by atoms with E-state index in [0.29, 0.717) is 12.3 Å². The molecule has 0 radical (unpaired) electrons. The van der Waals surface area contributed by atoms with E-state index in [1.807, 2.05) is 12.1 Å². The van der Waals surface area contributed by atoms with Gasteiger partial charge in [0.1, 0.15) is 11.8 Å². The maximum absolute atomic E-state index is 8.63. The maximum atomic E-state index is 8.63. The molecule has 0 saturated carbocycles. The number of nitriles is 1. The molecule has 0 spiro atoms. The van der Waals surface area contributed by atoms with Gasteiger partial charge >= 0.3 is 0 Å². The van der Waals surface area contributed by atoms with Crippen LogP contribution >= 0.6 is 0 Å². The summed E-state index contributed by atoms with van der Waals surface area (Å²) in [7, 11) is 0. The molecular formula is C15H16N2O. The normalized spacial score (nSPS) is 10.2. The first kappa shape index (κ1) is 12.4. The van der Waals surface area contributed by atoms with Crippen LogP contribution in [0.15, 0.2) is 40.8 Å². The van der Waals surface area contributed by atoms with Crippen LogP contribution in [0.5, 0.6) is 0 Å². The Balaban J connectivity index is 1.75. The van der Waals surface area contributed by atoms with E-state index < -0.39 is 0 Å². The van der Waals surface area contributed by atoms with Crippen molar-refractivity contribution < 1.29 is 4.42 Å². The van der Waals surface area contributed by atoms with Gasteiger partial charge in [0.15, 0.2) is 0 Å². The number of nitrogens with zero attached hydrogens (tertiary/aromatic N) is 1. The fraction of sp³-hybridized carbons (Fsp3) is 0.267. The summed E-state index contributed by atoms with van der Waals surface area (Å²) in [5.74, 6) is 1.17. The van der Waals surface area contributed by atoms with Crippen molar-refractivity contribution >= 4 is 0 Å². The number of nitrogens with one attached hydrogen (secondary N) is 1. The molecule has 1 aromatic heterocycles. The first-order valence-electron chi connectivity index (χ1n) is 6.03. The highest BCUT2D eigenvalue weighted by atomic mass is 16.3. The van der Waals surface area contributed by atoms with Gasteiger partial charge in [0.25, 0.3) is 0 Å². The van der Waals surface area contributed by atoms with Crippen molar-refractivity contribution in [2.45, 2.75) is 19.9 Å². The van der Waals surface area contributed by atoms with E-state index in [1.54, 1.807) is 6.07 Å². The molecule has 2 rings (SSSR count). The van der Waals surface area contributed by atoms with E-state index in [-0.39, 0.29) is 0 Å². The van der Waals surface area contributed by atoms with Gasteiger partial charge in [-0.3, -0.25) is 0 Å². The molecular weight excluding hydrogens is 224 g/mol. The Morgan fingerprint density at radius 3 is 2.89 bits per heavy atom. The first-order valence-corrected chi connectivity index (χ1v) is 6.03. The largest absolute Gasteiger partial charge is 0.449 e. The fourth-order valence-corrected chi connectivity index (χ4v) is 1.84. The number of aryl methyl sites for hydroxylation is 1. The van der Waals surface area contributed by atoms with Crippen LogP contribution in [0.1, 0.15) is 22.6 Å². The average molecular weight is 240 g/mol. The first-order chi connectivity index (χ1) is 8.78. The van der Waals surface area contributed by atoms with E-state index >= 15 is 0 Å². The summed E-state index contributed by atoms with van der Waals surface area (Å²) < 4.78 is 5.28. The molecule has 1 N–H and O–H groups in total. The van der Waals surface area contributed by atoms with Crippen LogP contribution in [0.25, 0.3) is 0 Å². The molecule has 0 aliphatic rings. The number of hydrogen-bond acceptors (Lipinski definition) is 3. The lowest BCUT2D eigenvalue weighted by Crippen LogP contribution is -2.16. The molecule has 2 aromatic rings. The SMILES string of the molecule is Cc1cccc(CCNCc2ccc(C#N)o2)c1. The van der Waals surface area contributed by atoms with Crippen LogP contribution in [0.3, 0.4) is 0 Å². The minimum absolute atomic E-state index is 0.366. The zero-order valence-corrected chi connectivity index (χ0v) is 10.4. The summed E-state index contributed by atoms with van der Waals surface area (Å²) in [5.41, 5.74) is 2.62. The second-order valence-electron chi connectivity index (χ2n) is 4.29. The molecule has 3 nitrogen and oxygen atoms in total. The topological polar surface area (TPSA) is 49.0 Å². The lowest BCUT2D eigenvalue weighted by molar-refractivity contribution is 0.475. The highest BCUT2D eigenvalue weighted by Gasteiger charge is 2.00. The fourth-order valence-electron chi connectivity index (χ4n) is 1.84. The molecule has 3 heteroatoms. The molecule has 0 amide bonds. The molecule has 0 aliphatic heterocycles. The average Bonchev–Trinajstić information content (AvgIpc) is 2.83. The van der Waals surface area contributed by atoms with Crippen LogP contribution in [0.2, 0.25) is 0 Å². The van der Waals surface area contributed by atoms with Gasteiger partial charge in [-0.05, 0) is 37.6 Å². The van der Waals surface area contributed by atoms with Gasteiger partial charge in [-0.2, -0.15) is 5.26 Å². The molecule has 0 fully saturated rings. The zero-order valence-electron chi connectivity index (χ0n) is 10.4. The predicted molar refractivity (Wildman–Crippen MR) is 70.0 cm³/mol. The molecule has 0 unspecified atom stereocenters. The highest BCUT2D eigenvalue weighted by molar-refractivity contribution is 5.22. The van der Waals surface area contributed by atoms with E-state index in [0.717, 1.165) is 18.7 Å². The maximum Gasteiger partial charge on any atom is 0.203 e. The molecule has 92 valence electrons. The number of furan rings is 1. The molecule has 0 bridgehead atoms. The van der Waals surface area contributed by atoms with Crippen LogP contribution in [0, 0.1) is 18.3 Å². The smallest absolute Gasteiger partial charge is 0.203 e. The monoisotopic (exact) mass is 240 g/mol. The Hall–Kier alpha value is -2.05. The van der Waals surface area contributed by atoms with Gasteiger partial charge in [-0.25, -0.2) is 0 Å². The zero-order chi connectivity index (χ0) is 12.8. The van der Waals surface area contributed by atoms with E-state index in [9.17, 15) is 0 Å². The van der Waals surface area contributed by atoms with E-state index in [4.69, 9.17) is 9.68 Å². The van der Waals surface area contributed by atoms with Crippen LogP contribution in [0.4, 0.5) is 0 Å². The standard InChI is InChI=1S/C15H16N2O/c1-12-3-2-4-13(9-12)7-8-17-11-15-6-5-14(10-16)18-15/h2-6,9,17H,7-8,11H2,1H3. The number of rotatable bonds is 5. The minimum atomic E-state index is 0.366. The van der Waals surface area contributed by atoms with Crippen molar-refractivity contribution in [1.82, 2.24) is 5.32 Å². The molecule has 0 saturated heterocycles. The van der Waals surface area contributed by atoms with Crippen LogP contribution in [-0.2, 0) is 13.0 Å². The van der Waals surface area contributed by atoms with Crippen molar-refractivity contribution in [3.63, 3.8) is 0 Å². The van der Waals surface area contributed by atoms with Gasteiger partial charge in [0.05, 0.1) is 6.54 Å². The second-order valence-corrected chi connectivity index (χ2v) is 4.29. The third-order valence-electron chi connectivity index (χ3n) is 2.74. The molecule has 1 aromatic carbocycles. The molecule has 0 atom stereocenters. The van der Waals surface area contributed by atoms with E-state index in [2.05, 4.69) is 36.5 Å². The summed E-state index contributed by atoms with van der Waals surface area (Å²) in [6, 6.07) is 14.0. The minimum Gasteiger partial charge on any atom is -0.449 e. The van der Waals surface area contributed by atoms with Gasteiger partial charge < -0.3 is 9.73 Å². The van der Waals surface area contributed by atoms with Gasteiger partial charge in [-0.1, -0.05) is 29.8 Å². The van der Waals surface area contributed by atoms with Gasteiger partial charge in [-0.15, -0.1) is 0 Å². The summed E-state index contributed by atoms with van der Waals surface area (Å²) >= 11 is 0. The molecule has 18 heavy (non-hydrogen) atoms.